The first-order valence-electron chi connectivity index (χ1n) is 13.7. The molecule has 2 aromatic rings. The molecule has 39 heavy (non-hydrogen) atoms. The summed E-state index contributed by atoms with van der Waals surface area (Å²) in [5.41, 5.74) is -1.03. The maximum Gasteiger partial charge on any atom is 0.240 e. The van der Waals surface area contributed by atoms with E-state index in [-0.39, 0.29) is 28.4 Å². The summed E-state index contributed by atoms with van der Waals surface area (Å²) in [7, 11) is 3.65. The van der Waals surface area contributed by atoms with Crippen molar-refractivity contribution in [3.8, 4) is 0 Å². The summed E-state index contributed by atoms with van der Waals surface area (Å²) < 4.78 is 16.1. The van der Waals surface area contributed by atoms with Crippen LogP contribution in [0.15, 0.2) is 36.4 Å². The molecule has 6 nitrogen and oxygen atoms in total. The van der Waals surface area contributed by atoms with Gasteiger partial charge in [0.25, 0.3) is 0 Å². The first-order valence-corrected chi connectivity index (χ1v) is 14.5. The zero-order chi connectivity index (χ0) is 27.9. The molecule has 6 rings (SSSR count). The van der Waals surface area contributed by atoms with Crippen molar-refractivity contribution in [3.05, 3.63) is 63.4 Å². The molecule has 4 aliphatic rings. The number of nitrogens with one attached hydrogen (secondary N) is 1. The highest BCUT2D eigenvalue weighted by Gasteiger charge is 2.75. The Labute approximate surface area is 238 Å². The second-order valence-electron chi connectivity index (χ2n) is 12.2. The van der Waals surface area contributed by atoms with E-state index >= 15 is 4.39 Å². The Morgan fingerprint density at radius 1 is 1.10 bits per heavy atom. The Morgan fingerprint density at radius 2 is 1.79 bits per heavy atom. The Balaban J connectivity index is 1.61. The first-order chi connectivity index (χ1) is 18.4. The van der Waals surface area contributed by atoms with Gasteiger partial charge in [-0.15, -0.1) is 0 Å². The van der Waals surface area contributed by atoms with Crippen molar-refractivity contribution in [2.45, 2.75) is 86.4 Å². The summed E-state index contributed by atoms with van der Waals surface area (Å²) in [6.07, 6.45) is 5.13. The number of rotatable bonds is 3. The molecule has 3 atom stereocenters. The molecule has 0 radical (unpaired) electrons. The van der Waals surface area contributed by atoms with Gasteiger partial charge in [0.1, 0.15) is 11.2 Å². The third-order valence-electron chi connectivity index (χ3n) is 9.98. The van der Waals surface area contributed by atoms with E-state index in [2.05, 4.69) is 10.2 Å². The molecule has 2 amide bonds. The molecule has 0 aromatic heterocycles. The summed E-state index contributed by atoms with van der Waals surface area (Å²) in [5, 5.41) is 13.9. The minimum Gasteiger partial charge on any atom is -0.390 e. The summed E-state index contributed by atoms with van der Waals surface area (Å²) in [6, 6.07) is 9.28. The third kappa shape index (κ3) is 3.66. The Bertz CT molecular complexity index is 1350. The topological polar surface area (TPSA) is 72.9 Å². The van der Waals surface area contributed by atoms with Crippen LogP contribution in [0.2, 0.25) is 10.0 Å². The van der Waals surface area contributed by atoms with Gasteiger partial charge in [0.2, 0.25) is 11.8 Å². The molecule has 2 saturated carbocycles. The van der Waals surface area contributed by atoms with Crippen LogP contribution < -0.4 is 10.2 Å². The number of nitrogens with zero attached hydrogens (tertiary/aromatic N) is 2. The molecule has 0 unspecified atom stereocenters. The van der Waals surface area contributed by atoms with E-state index in [0.717, 1.165) is 24.8 Å². The van der Waals surface area contributed by atoms with Crippen LogP contribution in [0, 0.1) is 5.82 Å². The van der Waals surface area contributed by atoms with Crippen molar-refractivity contribution in [1.82, 2.24) is 10.2 Å². The van der Waals surface area contributed by atoms with Gasteiger partial charge in [-0.25, -0.2) is 4.39 Å². The van der Waals surface area contributed by atoms with Crippen molar-refractivity contribution in [2.75, 3.05) is 19.0 Å². The number of carbonyl (C=O) groups excluding carboxylic acids is 2. The van der Waals surface area contributed by atoms with E-state index < -0.39 is 34.3 Å². The van der Waals surface area contributed by atoms with Crippen LogP contribution in [-0.2, 0) is 15.0 Å². The fraction of sp³-hybridized carbons (Fsp3) is 0.533. The maximum absolute atomic E-state index is 16.1. The number of amides is 2. The molecule has 2 spiro atoms. The van der Waals surface area contributed by atoms with Gasteiger partial charge in [0.05, 0.1) is 16.7 Å². The SMILES string of the molecule is CN1C(=O)[C@@]2(c3ccc(Cl)cc31)[C@@H](c1cccc(Cl)c1F)[C@H](C(=O)NC1CC(C)(O)C1)N(C)C21CCCCC1. The van der Waals surface area contributed by atoms with Crippen LogP contribution in [-0.4, -0.2) is 59.1 Å². The smallest absolute Gasteiger partial charge is 0.240 e. The minimum absolute atomic E-state index is 0.0424. The van der Waals surface area contributed by atoms with Gasteiger partial charge >= 0.3 is 0 Å². The normalized spacial score (nSPS) is 33.5. The number of anilines is 1. The summed E-state index contributed by atoms with van der Waals surface area (Å²) in [5.74, 6) is -1.86. The quantitative estimate of drug-likeness (QED) is 0.531. The third-order valence-corrected chi connectivity index (χ3v) is 10.5. The predicted molar refractivity (Wildman–Crippen MR) is 150 cm³/mol. The fourth-order valence-electron chi connectivity index (χ4n) is 8.41. The van der Waals surface area contributed by atoms with Gasteiger partial charge in [0.15, 0.2) is 0 Å². The largest absolute Gasteiger partial charge is 0.390 e. The highest BCUT2D eigenvalue weighted by atomic mass is 35.5. The molecular formula is C30H34Cl2FN3O3. The monoisotopic (exact) mass is 573 g/mol. The number of likely N-dealkylation sites (tertiary alicyclic amines) is 1. The minimum atomic E-state index is -1.23. The molecule has 1 saturated heterocycles. The van der Waals surface area contributed by atoms with Crippen LogP contribution in [0.25, 0.3) is 0 Å². The average Bonchev–Trinajstić information content (AvgIpc) is 3.22. The summed E-state index contributed by atoms with van der Waals surface area (Å²) in [4.78, 5) is 32.7. The highest BCUT2D eigenvalue weighted by Crippen LogP contribution is 2.67. The van der Waals surface area contributed by atoms with Crippen LogP contribution in [0.5, 0.6) is 0 Å². The van der Waals surface area contributed by atoms with E-state index in [9.17, 15) is 14.7 Å². The lowest BCUT2D eigenvalue weighted by Crippen LogP contribution is -2.61. The Morgan fingerprint density at radius 3 is 2.46 bits per heavy atom. The first kappa shape index (κ1) is 27.0. The second kappa shape index (κ2) is 9.16. The lowest BCUT2D eigenvalue weighted by Gasteiger charge is -2.50. The summed E-state index contributed by atoms with van der Waals surface area (Å²) in [6.45, 7) is 1.75. The Hall–Kier alpha value is -2.19. The fourth-order valence-corrected chi connectivity index (χ4v) is 8.76. The number of hydrogen-bond acceptors (Lipinski definition) is 4. The van der Waals surface area contributed by atoms with Gasteiger partial charge in [0, 0.05) is 35.3 Å². The average molecular weight is 575 g/mol. The van der Waals surface area contributed by atoms with Gasteiger partial charge in [-0.3, -0.25) is 14.5 Å². The van der Waals surface area contributed by atoms with Crippen LogP contribution in [0.1, 0.15) is 68.9 Å². The van der Waals surface area contributed by atoms with Gasteiger partial charge in [-0.2, -0.15) is 0 Å². The molecule has 2 aromatic carbocycles. The van der Waals surface area contributed by atoms with E-state index in [1.165, 1.54) is 6.07 Å². The molecule has 0 bridgehead atoms. The molecule has 208 valence electrons. The van der Waals surface area contributed by atoms with Gasteiger partial charge in [-0.05, 0) is 69.0 Å². The van der Waals surface area contributed by atoms with E-state index in [4.69, 9.17) is 23.2 Å². The number of carbonyl (C=O) groups is 2. The number of aliphatic hydroxyl groups is 1. The molecule has 2 aliphatic heterocycles. The molecular weight excluding hydrogens is 540 g/mol. The predicted octanol–water partition coefficient (Wildman–Crippen LogP) is 5.18. The lowest BCUT2D eigenvalue weighted by atomic mass is 9.55. The molecule has 2 N–H and O–H groups in total. The van der Waals surface area contributed by atoms with Crippen molar-refractivity contribution < 1.29 is 19.1 Å². The zero-order valence-corrected chi connectivity index (χ0v) is 23.9. The summed E-state index contributed by atoms with van der Waals surface area (Å²) >= 11 is 12.7. The number of benzene rings is 2. The molecule has 2 aliphatic carbocycles. The van der Waals surface area contributed by atoms with Crippen LogP contribution in [0.4, 0.5) is 10.1 Å². The maximum atomic E-state index is 16.1. The lowest BCUT2D eigenvalue weighted by molar-refractivity contribution is -0.131. The van der Waals surface area contributed by atoms with Gasteiger partial charge in [-0.1, -0.05) is 60.7 Å². The Kier molecular flexibility index (Phi) is 6.35. The van der Waals surface area contributed by atoms with Crippen molar-refractivity contribution >= 4 is 40.7 Å². The number of hydrogen-bond donors (Lipinski definition) is 2. The standard InChI is InChI=1S/C30H34Cl2FN3O3/c1-28(39)15-18(16-28)34-26(37)25-23(19-8-7-9-21(32)24(19)33)30(29(36(25)3)12-5-4-6-13-29)20-11-10-17(31)14-22(20)35(2)27(30)38/h7-11,14,18,23,25,39H,4-6,12-13,15-16H2,1-3H3,(H,34,37)/t18?,23-,25+,28?,30+/m0/s1. The van der Waals surface area contributed by atoms with Crippen molar-refractivity contribution in [1.29, 1.82) is 0 Å². The van der Waals surface area contributed by atoms with Crippen molar-refractivity contribution in [2.24, 2.45) is 0 Å². The van der Waals surface area contributed by atoms with E-state index in [1.807, 2.05) is 13.1 Å². The molecule has 9 heteroatoms. The van der Waals surface area contributed by atoms with E-state index in [1.54, 1.807) is 43.1 Å². The zero-order valence-electron chi connectivity index (χ0n) is 22.4. The number of halogens is 3. The van der Waals surface area contributed by atoms with Crippen LogP contribution in [0.3, 0.4) is 0 Å². The highest BCUT2D eigenvalue weighted by molar-refractivity contribution is 6.31. The van der Waals surface area contributed by atoms with Crippen molar-refractivity contribution in [3.63, 3.8) is 0 Å². The number of likely N-dealkylation sites (N-methyl/N-ethyl adjacent to an activating group) is 2. The second-order valence-corrected chi connectivity index (χ2v) is 13.1. The van der Waals surface area contributed by atoms with E-state index in [0.29, 0.717) is 36.4 Å². The molecule has 2 heterocycles. The number of fused-ring (bicyclic) bond motifs is 3. The molecule has 3 fully saturated rings. The van der Waals surface area contributed by atoms with Gasteiger partial charge < -0.3 is 15.3 Å². The van der Waals surface area contributed by atoms with Crippen LogP contribution >= 0.6 is 23.2 Å².